The van der Waals surface area contributed by atoms with Crippen LogP contribution >= 0.6 is 0 Å². The second-order valence-electron chi connectivity index (χ2n) is 6.81. The Balaban J connectivity index is 0.000000198. The smallest absolute Gasteiger partial charge is 0.341 e. The van der Waals surface area contributed by atoms with E-state index in [4.69, 9.17) is 9.84 Å². The molecule has 3 aliphatic rings. The highest BCUT2D eigenvalue weighted by molar-refractivity contribution is 6.01. The predicted octanol–water partition coefficient (Wildman–Crippen LogP) is 3.23. The molecule has 0 aromatic carbocycles. The highest BCUT2D eigenvalue weighted by atomic mass is 16.6. The summed E-state index contributed by atoms with van der Waals surface area (Å²) in [5.41, 5.74) is 3.11. The Bertz CT molecular complexity index is 684. The zero-order valence-electron chi connectivity index (χ0n) is 15.7. The molecule has 3 rings (SSSR count). The molecule has 0 amide bonds. The molecule has 1 heterocycles. The lowest BCUT2D eigenvalue weighted by molar-refractivity contribution is -0.158. The SMILES string of the molecule is CCOC(=O)C1=C(CC(=O)O)CCCC1.O=C1CC2=C(CCCC2)C(=O)O1. The monoisotopic (exact) mass is 378 g/mol. The summed E-state index contributed by atoms with van der Waals surface area (Å²) in [6, 6.07) is 0. The van der Waals surface area contributed by atoms with Gasteiger partial charge in [0.15, 0.2) is 0 Å². The minimum Gasteiger partial charge on any atom is -0.481 e. The lowest BCUT2D eigenvalue weighted by Crippen LogP contribution is -2.24. The Hall–Kier alpha value is -2.44. The van der Waals surface area contributed by atoms with Gasteiger partial charge in [0.25, 0.3) is 0 Å². The first-order valence-electron chi connectivity index (χ1n) is 9.48. The molecular weight excluding hydrogens is 352 g/mol. The van der Waals surface area contributed by atoms with E-state index < -0.39 is 11.9 Å². The second kappa shape index (κ2) is 10.0. The molecule has 0 saturated carbocycles. The van der Waals surface area contributed by atoms with Crippen LogP contribution in [0.1, 0.15) is 71.1 Å². The van der Waals surface area contributed by atoms with E-state index in [-0.39, 0.29) is 18.4 Å². The Morgan fingerprint density at radius 3 is 2.41 bits per heavy atom. The van der Waals surface area contributed by atoms with Gasteiger partial charge in [0, 0.05) is 11.1 Å². The van der Waals surface area contributed by atoms with E-state index in [1.165, 1.54) is 0 Å². The van der Waals surface area contributed by atoms with E-state index in [1.807, 2.05) is 0 Å². The Kier molecular flexibility index (Phi) is 7.76. The number of carboxylic acid groups (broad SMARTS) is 1. The molecule has 0 aromatic heterocycles. The third-order valence-corrected chi connectivity index (χ3v) is 4.86. The number of carbonyl (C=O) groups is 4. The van der Waals surface area contributed by atoms with E-state index in [0.29, 0.717) is 31.4 Å². The number of aliphatic carboxylic acids is 1. The third kappa shape index (κ3) is 6.05. The van der Waals surface area contributed by atoms with Crippen molar-refractivity contribution in [1.82, 2.24) is 0 Å². The van der Waals surface area contributed by atoms with Crippen LogP contribution in [0.5, 0.6) is 0 Å². The van der Waals surface area contributed by atoms with Crippen molar-refractivity contribution in [2.24, 2.45) is 0 Å². The van der Waals surface area contributed by atoms with Crippen LogP contribution in [0.15, 0.2) is 22.3 Å². The zero-order valence-corrected chi connectivity index (χ0v) is 15.7. The molecule has 1 N–H and O–H groups in total. The van der Waals surface area contributed by atoms with Crippen LogP contribution in [0.4, 0.5) is 0 Å². The van der Waals surface area contributed by atoms with E-state index in [9.17, 15) is 19.2 Å². The molecule has 7 heteroatoms. The fraction of sp³-hybridized carbons (Fsp3) is 0.600. The van der Waals surface area contributed by atoms with Gasteiger partial charge in [0.2, 0.25) is 0 Å². The average molecular weight is 378 g/mol. The van der Waals surface area contributed by atoms with Crippen molar-refractivity contribution in [3.63, 3.8) is 0 Å². The molecule has 0 aromatic rings. The maximum absolute atomic E-state index is 11.5. The van der Waals surface area contributed by atoms with Crippen molar-refractivity contribution >= 4 is 23.9 Å². The van der Waals surface area contributed by atoms with Gasteiger partial charge in [-0.15, -0.1) is 0 Å². The third-order valence-electron chi connectivity index (χ3n) is 4.86. The van der Waals surface area contributed by atoms with Gasteiger partial charge in [0.05, 0.1) is 19.4 Å². The number of hydrogen-bond acceptors (Lipinski definition) is 6. The maximum Gasteiger partial charge on any atom is 0.341 e. The summed E-state index contributed by atoms with van der Waals surface area (Å²) < 4.78 is 9.42. The van der Waals surface area contributed by atoms with Crippen molar-refractivity contribution < 1.29 is 33.8 Å². The highest BCUT2D eigenvalue weighted by Gasteiger charge is 2.28. The average Bonchev–Trinajstić information content (AvgIpc) is 2.62. The van der Waals surface area contributed by atoms with Crippen molar-refractivity contribution in [3.05, 3.63) is 22.3 Å². The fourth-order valence-corrected chi connectivity index (χ4v) is 3.59. The minimum absolute atomic E-state index is 0.0336. The summed E-state index contributed by atoms with van der Waals surface area (Å²) in [7, 11) is 0. The van der Waals surface area contributed by atoms with Crippen LogP contribution < -0.4 is 0 Å². The Morgan fingerprint density at radius 2 is 1.70 bits per heavy atom. The van der Waals surface area contributed by atoms with E-state index in [1.54, 1.807) is 6.92 Å². The standard InChI is InChI=1S/C11H16O4.C9H10O3/c1-2-15-11(14)9-6-4-3-5-8(9)7-10(12)13;10-8-5-6-3-1-2-4-7(6)9(11)12-8/h2-7H2,1H3,(H,12,13);1-5H2. The van der Waals surface area contributed by atoms with E-state index in [0.717, 1.165) is 55.2 Å². The summed E-state index contributed by atoms with van der Waals surface area (Å²) in [6.45, 7) is 2.08. The second-order valence-corrected chi connectivity index (χ2v) is 6.81. The molecule has 148 valence electrons. The molecule has 2 aliphatic carbocycles. The van der Waals surface area contributed by atoms with Crippen molar-refractivity contribution in [2.45, 2.75) is 71.1 Å². The molecule has 0 atom stereocenters. The van der Waals surface area contributed by atoms with Gasteiger partial charge in [-0.3, -0.25) is 9.59 Å². The molecule has 7 nitrogen and oxygen atoms in total. The van der Waals surface area contributed by atoms with Gasteiger partial charge in [-0.05, 0) is 69.4 Å². The number of ether oxygens (including phenoxy) is 2. The van der Waals surface area contributed by atoms with E-state index >= 15 is 0 Å². The van der Waals surface area contributed by atoms with Gasteiger partial charge < -0.3 is 14.6 Å². The van der Waals surface area contributed by atoms with Crippen LogP contribution in [0.25, 0.3) is 0 Å². The summed E-state index contributed by atoms with van der Waals surface area (Å²) in [5, 5.41) is 8.71. The number of cyclic esters (lactones) is 2. The van der Waals surface area contributed by atoms with Crippen molar-refractivity contribution in [3.8, 4) is 0 Å². The molecule has 27 heavy (non-hydrogen) atoms. The Labute approximate surface area is 158 Å². The summed E-state index contributed by atoms with van der Waals surface area (Å²) in [6.07, 6.45) is 7.40. The molecule has 0 radical (unpaired) electrons. The van der Waals surface area contributed by atoms with Gasteiger partial charge in [-0.1, -0.05) is 0 Å². The largest absolute Gasteiger partial charge is 0.481 e. The number of rotatable bonds is 4. The number of hydrogen-bond donors (Lipinski definition) is 1. The van der Waals surface area contributed by atoms with Crippen LogP contribution in [0.3, 0.4) is 0 Å². The zero-order chi connectivity index (χ0) is 19.8. The molecule has 1 aliphatic heterocycles. The first-order valence-corrected chi connectivity index (χ1v) is 9.48. The normalized spacial score (nSPS) is 19.6. The topological polar surface area (TPSA) is 107 Å². The molecule has 0 saturated heterocycles. The van der Waals surface area contributed by atoms with Crippen molar-refractivity contribution in [1.29, 1.82) is 0 Å². The lowest BCUT2D eigenvalue weighted by Gasteiger charge is -2.21. The molecule has 0 unspecified atom stereocenters. The number of carbonyl (C=O) groups excluding carboxylic acids is 3. The quantitative estimate of drug-likeness (QED) is 0.591. The maximum atomic E-state index is 11.5. The summed E-state index contributed by atoms with van der Waals surface area (Å²) in [5.74, 6) is -2.01. The van der Waals surface area contributed by atoms with Crippen molar-refractivity contribution in [2.75, 3.05) is 6.61 Å². The molecule has 0 spiro atoms. The van der Waals surface area contributed by atoms with Gasteiger partial charge >= 0.3 is 23.9 Å². The van der Waals surface area contributed by atoms with E-state index in [2.05, 4.69) is 4.74 Å². The van der Waals surface area contributed by atoms with Crippen LogP contribution in [0, 0.1) is 0 Å². The minimum atomic E-state index is -0.881. The fourth-order valence-electron chi connectivity index (χ4n) is 3.59. The molecule has 0 bridgehead atoms. The summed E-state index contributed by atoms with van der Waals surface area (Å²) >= 11 is 0. The summed E-state index contributed by atoms with van der Waals surface area (Å²) in [4.78, 5) is 44.1. The predicted molar refractivity (Wildman–Crippen MR) is 95.6 cm³/mol. The first-order chi connectivity index (χ1) is 12.9. The van der Waals surface area contributed by atoms with Crippen LogP contribution in [0.2, 0.25) is 0 Å². The molecule has 0 fully saturated rings. The van der Waals surface area contributed by atoms with Gasteiger partial charge in [0.1, 0.15) is 0 Å². The van der Waals surface area contributed by atoms with Crippen LogP contribution in [-0.2, 0) is 28.7 Å². The number of carboxylic acids is 1. The highest BCUT2D eigenvalue weighted by Crippen LogP contribution is 2.31. The van der Waals surface area contributed by atoms with Crippen LogP contribution in [-0.4, -0.2) is 35.6 Å². The number of esters is 3. The first kappa shape index (κ1) is 20.9. The molecular formula is C20H26O7. The van der Waals surface area contributed by atoms with Gasteiger partial charge in [-0.25, -0.2) is 9.59 Å². The lowest BCUT2D eigenvalue weighted by atomic mass is 9.89. The van der Waals surface area contributed by atoms with Gasteiger partial charge in [-0.2, -0.15) is 0 Å². The Morgan fingerprint density at radius 1 is 1.04 bits per heavy atom.